The van der Waals surface area contributed by atoms with Crippen molar-refractivity contribution in [3.8, 4) is 45.4 Å². The standard InChI is InChI=1S/C51H30N4/c52-31-32-18-19-34-20-22-39(26-41(34)24-32)44-30-46-47(29-43(44)35-11-2-1-3-12-35)54-51(50(53-46)40-23-21-33-10-4-5-13-36(33)25-40)55-48-17-9-8-16-42(48)45-27-37-14-6-7-15-38(37)28-49(45)55/h1-30H. The number of rotatable bonds is 4. The van der Waals surface area contributed by atoms with Gasteiger partial charge < -0.3 is 0 Å². The SMILES string of the molecule is N#Cc1ccc2ccc(-c3cc4nc(-c5ccc6ccccc6c5)c(-n5c6ccccc6c6cc7ccccc7cc65)nc4cc3-c3ccccc3)cc2c1. The predicted molar refractivity (Wildman–Crippen MR) is 227 cm³/mol. The molecular weight excluding hydrogens is 669 g/mol. The summed E-state index contributed by atoms with van der Waals surface area (Å²) in [5, 5.41) is 18.8. The molecule has 0 saturated carbocycles. The lowest BCUT2D eigenvalue weighted by molar-refractivity contribution is 1.08. The second-order valence-electron chi connectivity index (χ2n) is 14.2. The van der Waals surface area contributed by atoms with Crippen LogP contribution in [0.3, 0.4) is 0 Å². The minimum atomic E-state index is 0.642. The summed E-state index contributed by atoms with van der Waals surface area (Å²) in [6, 6.07) is 66.2. The molecule has 0 aliphatic rings. The lowest BCUT2D eigenvalue weighted by atomic mass is 9.92. The zero-order valence-corrected chi connectivity index (χ0v) is 29.6. The van der Waals surface area contributed by atoms with E-state index >= 15 is 0 Å². The van der Waals surface area contributed by atoms with E-state index in [1.807, 2.05) is 24.3 Å². The van der Waals surface area contributed by atoms with Crippen LogP contribution in [0.2, 0.25) is 0 Å². The third kappa shape index (κ3) is 5.06. The summed E-state index contributed by atoms with van der Waals surface area (Å²) in [6.45, 7) is 0. The number of fused-ring (bicyclic) bond motifs is 7. The minimum absolute atomic E-state index is 0.642. The van der Waals surface area contributed by atoms with Crippen molar-refractivity contribution >= 4 is 65.2 Å². The Morgan fingerprint density at radius 3 is 1.80 bits per heavy atom. The van der Waals surface area contributed by atoms with E-state index in [4.69, 9.17) is 9.97 Å². The molecule has 4 heteroatoms. The molecule has 0 fully saturated rings. The maximum atomic E-state index is 9.66. The van der Waals surface area contributed by atoms with E-state index in [0.29, 0.717) is 5.56 Å². The van der Waals surface area contributed by atoms with Crippen molar-refractivity contribution in [2.45, 2.75) is 0 Å². The van der Waals surface area contributed by atoms with Crippen LogP contribution in [-0.4, -0.2) is 14.5 Å². The molecule has 4 nitrogen and oxygen atoms in total. The Morgan fingerprint density at radius 2 is 1.00 bits per heavy atom. The Morgan fingerprint density at radius 1 is 0.400 bits per heavy atom. The van der Waals surface area contributed by atoms with Gasteiger partial charge in [0.05, 0.1) is 33.7 Å². The van der Waals surface area contributed by atoms with Gasteiger partial charge in [-0.1, -0.05) is 127 Å². The fourth-order valence-electron chi connectivity index (χ4n) is 8.24. The number of aromatic nitrogens is 3. The molecule has 2 aromatic heterocycles. The van der Waals surface area contributed by atoms with E-state index in [1.165, 1.54) is 26.9 Å². The molecule has 0 aliphatic heterocycles. The number of nitriles is 1. The van der Waals surface area contributed by atoms with Gasteiger partial charge in [0.2, 0.25) is 0 Å². The zero-order valence-electron chi connectivity index (χ0n) is 29.6. The first-order valence-electron chi connectivity index (χ1n) is 18.5. The monoisotopic (exact) mass is 698 g/mol. The fourth-order valence-corrected chi connectivity index (χ4v) is 8.24. The predicted octanol–water partition coefficient (Wildman–Crippen LogP) is 13.1. The summed E-state index contributed by atoms with van der Waals surface area (Å²) in [5.74, 6) is 0.783. The Labute approximate surface area is 316 Å². The molecule has 0 bridgehead atoms. The minimum Gasteiger partial charge on any atom is -0.292 e. The van der Waals surface area contributed by atoms with Crippen LogP contribution >= 0.6 is 0 Å². The molecule has 0 amide bonds. The highest BCUT2D eigenvalue weighted by Crippen LogP contribution is 2.41. The molecule has 55 heavy (non-hydrogen) atoms. The van der Waals surface area contributed by atoms with E-state index in [9.17, 15) is 5.26 Å². The van der Waals surface area contributed by atoms with Gasteiger partial charge in [-0.05, 0) is 109 Å². The van der Waals surface area contributed by atoms with Gasteiger partial charge in [0.25, 0.3) is 0 Å². The molecule has 0 unspecified atom stereocenters. The van der Waals surface area contributed by atoms with Crippen LogP contribution in [0, 0.1) is 11.3 Å². The number of hydrogen-bond donors (Lipinski definition) is 0. The highest BCUT2D eigenvalue weighted by Gasteiger charge is 2.21. The van der Waals surface area contributed by atoms with Crippen molar-refractivity contribution in [3.05, 3.63) is 188 Å². The van der Waals surface area contributed by atoms with Crippen molar-refractivity contribution in [1.82, 2.24) is 14.5 Å². The second-order valence-corrected chi connectivity index (χ2v) is 14.2. The van der Waals surface area contributed by atoms with E-state index in [2.05, 4.69) is 168 Å². The van der Waals surface area contributed by atoms with E-state index < -0.39 is 0 Å². The third-order valence-corrected chi connectivity index (χ3v) is 10.9. The van der Waals surface area contributed by atoms with Gasteiger partial charge in [0, 0.05) is 16.3 Å². The second kappa shape index (κ2) is 12.2. The lowest BCUT2D eigenvalue weighted by Crippen LogP contribution is -2.04. The Hall–Kier alpha value is -7.61. The Balaban J connectivity index is 1.25. The number of para-hydroxylation sites is 1. The van der Waals surface area contributed by atoms with E-state index in [0.717, 1.165) is 77.6 Å². The van der Waals surface area contributed by atoms with Crippen LogP contribution < -0.4 is 0 Å². The molecule has 0 aliphatic carbocycles. The van der Waals surface area contributed by atoms with Crippen LogP contribution in [0.5, 0.6) is 0 Å². The zero-order chi connectivity index (χ0) is 36.5. The fraction of sp³-hybridized carbons (Fsp3) is 0. The van der Waals surface area contributed by atoms with Gasteiger partial charge in [0.1, 0.15) is 5.69 Å². The number of benzene rings is 9. The average Bonchev–Trinajstić information content (AvgIpc) is 3.57. The summed E-state index contributed by atoms with van der Waals surface area (Å²) in [6.07, 6.45) is 0. The topological polar surface area (TPSA) is 54.5 Å². The van der Waals surface area contributed by atoms with Crippen LogP contribution in [0.25, 0.3) is 104 Å². The van der Waals surface area contributed by atoms with Gasteiger partial charge >= 0.3 is 0 Å². The van der Waals surface area contributed by atoms with Gasteiger partial charge in [-0.2, -0.15) is 5.26 Å². The summed E-state index contributed by atoms with van der Waals surface area (Å²) in [7, 11) is 0. The van der Waals surface area contributed by atoms with Crippen LogP contribution in [0.4, 0.5) is 0 Å². The van der Waals surface area contributed by atoms with Crippen LogP contribution in [-0.2, 0) is 0 Å². The van der Waals surface area contributed by atoms with Crippen molar-refractivity contribution in [2.75, 3.05) is 0 Å². The van der Waals surface area contributed by atoms with Gasteiger partial charge in [0.15, 0.2) is 5.82 Å². The molecule has 0 atom stereocenters. The molecule has 0 saturated heterocycles. The summed E-state index contributed by atoms with van der Waals surface area (Å²) < 4.78 is 2.31. The average molecular weight is 699 g/mol. The number of nitrogens with zero attached hydrogens (tertiary/aromatic N) is 4. The van der Waals surface area contributed by atoms with Gasteiger partial charge in [-0.15, -0.1) is 0 Å². The largest absolute Gasteiger partial charge is 0.292 e. The highest BCUT2D eigenvalue weighted by molar-refractivity contribution is 6.14. The summed E-state index contributed by atoms with van der Waals surface area (Å²) in [5.41, 5.74) is 10.5. The Kier molecular flexibility index (Phi) is 6.89. The highest BCUT2D eigenvalue weighted by atomic mass is 15.1. The lowest BCUT2D eigenvalue weighted by Gasteiger charge is -2.17. The van der Waals surface area contributed by atoms with Crippen molar-refractivity contribution in [1.29, 1.82) is 5.26 Å². The first-order valence-corrected chi connectivity index (χ1v) is 18.5. The molecule has 0 radical (unpaired) electrons. The molecule has 2 heterocycles. The molecule has 254 valence electrons. The van der Waals surface area contributed by atoms with Crippen LogP contribution in [0.1, 0.15) is 5.56 Å². The first-order chi connectivity index (χ1) is 27.2. The van der Waals surface area contributed by atoms with Crippen LogP contribution in [0.15, 0.2) is 182 Å². The van der Waals surface area contributed by atoms with Crippen molar-refractivity contribution in [3.63, 3.8) is 0 Å². The van der Waals surface area contributed by atoms with E-state index in [1.54, 1.807) is 0 Å². The molecule has 11 aromatic rings. The maximum absolute atomic E-state index is 9.66. The Bertz CT molecular complexity index is 3390. The summed E-state index contributed by atoms with van der Waals surface area (Å²) in [4.78, 5) is 11.2. The molecular formula is C51H30N4. The quantitative estimate of drug-likeness (QED) is 0.184. The van der Waals surface area contributed by atoms with E-state index in [-0.39, 0.29) is 0 Å². The molecule has 11 rings (SSSR count). The summed E-state index contributed by atoms with van der Waals surface area (Å²) >= 11 is 0. The molecule has 0 spiro atoms. The maximum Gasteiger partial charge on any atom is 0.165 e. The third-order valence-electron chi connectivity index (χ3n) is 10.9. The molecule has 0 N–H and O–H groups in total. The smallest absolute Gasteiger partial charge is 0.165 e. The van der Waals surface area contributed by atoms with Gasteiger partial charge in [-0.25, -0.2) is 9.97 Å². The number of hydrogen-bond acceptors (Lipinski definition) is 3. The normalized spacial score (nSPS) is 11.6. The van der Waals surface area contributed by atoms with Gasteiger partial charge in [-0.3, -0.25) is 4.57 Å². The van der Waals surface area contributed by atoms with Crippen molar-refractivity contribution in [2.24, 2.45) is 0 Å². The molecule has 9 aromatic carbocycles. The van der Waals surface area contributed by atoms with Crippen molar-refractivity contribution < 1.29 is 0 Å². The first kappa shape index (κ1) is 31.0.